The predicted molar refractivity (Wildman–Crippen MR) is 60.3 cm³/mol. The molecular weight excluding hydrogens is 192 g/mol. The van der Waals surface area contributed by atoms with Crippen LogP contribution in [0.1, 0.15) is 5.56 Å². The Morgan fingerprint density at radius 2 is 1.80 bits per heavy atom. The zero-order valence-corrected chi connectivity index (χ0v) is 9.25. The van der Waals surface area contributed by atoms with Crippen LogP contribution in [0.2, 0.25) is 0 Å². The van der Waals surface area contributed by atoms with E-state index >= 15 is 0 Å². The summed E-state index contributed by atoms with van der Waals surface area (Å²) in [6.45, 7) is 2.10. The van der Waals surface area contributed by atoms with Crippen molar-refractivity contribution in [3.8, 4) is 11.5 Å². The molecule has 1 aromatic rings. The maximum Gasteiger partial charge on any atom is 0.127 e. The number of hydrogen-bond donors (Lipinski definition) is 2. The van der Waals surface area contributed by atoms with Gasteiger partial charge in [-0.3, -0.25) is 0 Å². The van der Waals surface area contributed by atoms with Crippen LogP contribution in [-0.2, 0) is 6.54 Å². The largest absolute Gasteiger partial charge is 0.496 e. The number of benzene rings is 1. The Morgan fingerprint density at radius 3 is 2.27 bits per heavy atom. The number of methoxy groups -OCH3 is 2. The smallest absolute Gasteiger partial charge is 0.127 e. The van der Waals surface area contributed by atoms with E-state index in [1.807, 2.05) is 18.2 Å². The standard InChI is InChI=1S/C11H18N2O2/c1-14-10-4-3-5-11(15-2)9(10)8-13-7-6-12/h3-5,13H,6-8,12H2,1-2H3. The summed E-state index contributed by atoms with van der Waals surface area (Å²) in [7, 11) is 3.31. The summed E-state index contributed by atoms with van der Waals surface area (Å²) in [5, 5.41) is 3.22. The van der Waals surface area contributed by atoms with Crippen molar-refractivity contribution in [1.82, 2.24) is 5.32 Å². The second kappa shape index (κ2) is 6.27. The van der Waals surface area contributed by atoms with Crippen molar-refractivity contribution in [3.05, 3.63) is 23.8 Å². The molecule has 0 atom stereocenters. The molecule has 4 nitrogen and oxygen atoms in total. The van der Waals surface area contributed by atoms with E-state index in [0.29, 0.717) is 13.1 Å². The molecule has 0 amide bonds. The Labute approximate surface area is 90.4 Å². The van der Waals surface area contributed by atoms with Crippen molar-refractivity contribution in [2.75, 3.05) is 27.3 Å². The van der Waals surface area contributed by atoms with Crippen molar-refractivity contribution in [3.63, 3.8) is 0 Å². The molecule has 0 aliphatic rings. The third kappa shape index (κ3) is 3.11. The summed E-state index contributed by atoms with van der Waals surface area (Å²) < 4.78 is 10.5. The predicted octanol–water partition coefficient (Wildman–Crippen LogP) is 0.752. The van der Waals surface area contributed by atoms with Gasteiger partial charge in [-0.05, 0) is 12.1 Å². The quantitative estimate of drug-likeness (QED) is 0.680. The Bertz CT molecular complexity index is 280. The molecule has 0 saturated heterocycles. The van der Waals surface area contributed by atoms with Crippen molar-refractivity contribution < 1.29 is 9.47 Å². The fraction of sp³-hybridized carbons (Fsp3) is 0.455. The average molecular weight is 210 g/mol. The molecule has 0 aliphatic heterocycles. The molecule has 0 aromatic heterocycles. The van der Waals surface area contributed by atoms with Gasteiger partial charge in [-0.1, -0.05) is 6.07 Å². The monoisotopic (exact) mass is 210 g/mol. The van der Waals surface area contributed by atoms with E-state index in [-0.39, 0.29) is 0 Å². The van der Waals surface area contributed by atoms with Crippen LogP contribution in [-0.4, -0.2) is 27.3 Å². The second-order valence-corrected chi connectivity index (χ2v) is 3.11. The van der Waals surface area contributed by atoms with Gasteiger partial charge in [0.05, 0.1) is 14.2 Å². The van der Waals surface area contributed by atoms with Crippen LogP contribution in [0.15, 0.2) is 18.2 Å². The summed E-state index contributed by atoms with van der Waals surface area (Å²) >= 11 is 0. The first-order valence-electron chi connectivity index (χ1n) is 4.94. The lowest BCUT2D eigenvalue weighted by Crippen LogP contribution is -2.22. The molecule has 0 heterocycles. The summed E-state index contributed by atoms with van der Waals surface area (Å²) in [5.74, 6) is 1.66. The maximum absolute atomic E-state index is 5.41. The van der Waals surface area contributed by atoms with Crippen molar-refractivity contribution in [2.24, 2.45) is 5.73 Å². The molecule has 1 aromatic carbocycles. The first-order chi connectivity index (χ1) is 7.33. The molecule has 0 bridgehead atoms. The fourth-order valence-corrected chi connectivity index (χ4v) is 1.42. The number of nitrogens with two attached hydrogens (primary N) is 1. The highest BCUT2D eigenvalue weighted by Gasteiger charge is 2.08. The highest BCUT2D eigenvalue weighted by Crippen LogP contribution is 2.27. The van der Waals surface area contributed by atoms with E-state index < -0.39 is 0 Å². The topological polar surface area (TPSA) is 56.5 Å². The molecule has 1 rings (SSSR count). The van der Waals surface area contributed by atoms with E-state index in [9.17, 15) is 0 Å². The van der Waals surface area contributed by atoms with Crippen LogP contribution < -0.4 is 20.5 Å². The van der Waals surface area contributed by atoms with Gasteiger partial charge in [0, 0.05) is 25.2 Å². The van der Waals surface area contributed by atoms with Gasteiger partial charge < -0.3 is 20.5 Å². The minimum Gasteiger partial charge on any atom is -0.496 e. The van der Waals surface area contributed by atoms with Gasteiger partial charge in [-0.15, -0.1) is 0 Å². The van der Waals surface area contributed by atoms with Crippen molar-refractivity contribution >= 4 is 0 Å². The minimum atomic E-state index is 0.622. The van der Waals surface area contributed by atoms with Gasteiger partial charge in [-0.25, -0.2) is 0 Å². The third-order valence-electron chi connectivity index (χ3n) is 2.15. The van der Waals surface area contributed by atoms with E-state index in [4.69, 9.17) is 15.2 Å². The lowest BCUT2D eigenvalue weighted by Gasteiger charge is -2.13. The normalized spacial score (nSPS) is 10.1. The molecule has 0 fully saturated rings. The second-order valence-electron chi connectivity index (χ2n) is 3.11. The van der Waals surface area contributed by atoms with Crippen LogP contribution >= 0.6 is 0 Å². The Kier molecular flexibility index (Phi) is 4.93. The molecule has 15 heavy (non-hydrogen) atoms. The summed E-state index contributed by atoms with van der Waals surface area (Å²) in [6, 6.07) is 5.74. The van der Waals surface area contributed by atoms with E-state index in [2.05, 4.69) is 5.32 Å². The fourth-order valence-electron chi connectivity index (χ4n) is 1.42. The highest BCUT2D eigenvalue weighted by molar-refractivity contribution is 5.44. The molecule has 0 spiro atoms. The number of hydrogen-bond acceptors (Lipinski definition) is 4. The lowest BCUT2D eigenvalue weighted by atomic mass is 10.1. The lowest BCUT2D eigenvalue weighted by molar-refractivity contribution is 0.382. The van der Waals surface area contributed by atoms with E-state index in [1.165, 1.54) is 0 Å². The molecule has 3 N–H and O–H groups in total. The molecule has 0 aliphatic carbocycles. The Hall–Kier alpha value is -1.26. The molecular formula is C11H18N2O2. The summed E-state index contributed by atoms with van der Waals surface area (Å²) in [4.78, 5) is 0. The highest BCUT2D eigenvalue weighted by atomic mass is 16.5. The first-order valence-corrected chi connectivity index (χ1v) is 4.94. The zero-order chi connectivity index (χ0) is 11.1. The van der Waals surface area contributed by atoms with Gasteiger partial charge in [0.2, 0.25) is 0 Å². The van der Waals surface area contributed by atoms with Gasteiger partial charge in [0.25, 0.3) is 0 Å². The number of ether oxygens (including phenoxy) is 2. The van der Waals surface area contributed by atoms with Crippen molar-refractivity contribution in [2.45, 2.75) is 6.54 Å². The molecule has 4 heteroatoms. The summed E-state index contributed by atoms with van der Waals surface area (Å²) in [6.07, 6.45) is 0. The van der Waals surface area contributed by atoms with Crippen LogP contribution in [0, 0.1) is 0 Å². The average Bonchev–Trinajstić information content (AvgIpc) is 2.29. The third-order valence-corrected chi connectivity index (χ3v) is 2.15. The number of rotatable bonds is 6. The van der Waals surface area contributed by atoms with Crippen LogP contribution in [0.25, 0.3) is 0 Å². The van der Waals surface area contributed by atoms with E-state index in [0.717, 1.165) is 23.6 Å². The van der Waals surface area contributed by atoms with Crippen LogP contribution in [0.4, 0.5) is 0 Å². The van der Waals surface area contributed by atoms with Gasteiger partial charge >= 0.3 is 0 Å². The summed E-state index contributed by atoms with van der Waals surface area (Å²) in [5.41, 5.74) is 6.43. The number of nitrogens with one attached hydrogen (secondary N) is 1. The molecule has 0 unspecified atom stereocenters. The van der Waals surface area contributed by atoms with Gasteiger partial charge in [0.15, 0.2) is 0 Å². The molecule has 0 radical (unpaired) electrons. The Balaban J connectivity index is 2.80. The van der Waals surface area contributed by atoms with Crippen LogP contribution in [0.5, 0.6) is 11.5 Å². The molecule has 0 saturated carbocycles. The molecule has 84 valence electrons. The Morgan fingerprint density at radius 1 is 1.20 bits per heavy atom. The zero-order valence-electron chi connectivity index (χ0n) is 9.25. The first kappa shape index (κ1) is 11.8. The van der Waals surface area contributed by atoms with Crippen molar-refractivity contribution in [1.29, 1.82) is 0 Å². The van der Waals surface area contributed by atoms with Gasteiger partial charge in [-0.2, -0.15) is 0 Å². The SMILES string of the molecule is COc1cccc(OC)c1CNCCN. The minimum absolute atomic E-state index is 0.622. The van der Waals surface area contributed by atoms with Gasteiger partial charge in [0.1, 0.15) is 11.5 Å². The maximum atomic E-state index is 5.41. The van der Waals surface area contributed by atoms with Crippen LogP contribution in [0.3, 0.4) is 0 Å². The van der Waals surface area contributed by atoms with E-state index in [1.54, 1.807) is 14.2 Å².